The average Bonchev–Trinajstić information content (AvgIpc) is 2.65. The molecule has 1 aromatic rings. The summed E-state index contributed by atoms with van der Waals surface area (Å²) < 4.78 is 0. The Labute approximate surface area is 112 Å². The molecule has 0 radical (unpaired) electrons. The van der Waals surface area contributed by atoms with Crippen LogP contribution in [0.4, 0.5) is 0 Å². The van der Waals surface area contributed by atoms with Gasteiger partial charge in [0.05, 0.1) is 0 Å². The molecule has 1 aromatic carbocycles. The first-order valence-corrected chi connectivity index (χ1v) is 6.53. The summed E-state index contributed by atoms with van der Waals surface area (Å²) in [5, 5.41) is 3.36. The number of benzene rings is 1. The molecule has 2 rings (SSSR count). The van der Waals surface area contributed by atoms with Crippen LogP contribution in [0.3, 0.4) is 0 Å². The third-order valence-corrected chi connectivity index (χ3v) is 3.58. The Bertz CT molecular complexity index is 394. The van der Waals surface area contributed by atoms with Gasteiger partial charge in [0.15, 0.2) is 0 Å². The minimum atomic E-state index is -0.0320. The van der Waals surface area contributed by atoms with E-state index in [0.29, 0.717) is 10.0 Å². The minimum absolute atomic E-state index is 0.00246. The van der Waals surface area contributed by atoms with Gasteiger partial charge in [0, 0.05) is 27.7 Å². The van der Waals surface area contributed by atoms with Gasteiger partial charge in [0.2, 0.25) is 0 Å². The molecular formula is C13H17Cl2NO. The first-order chi connectivity index (χ1) is 7.89. The summed E-state index contributed by atoms with van der Waals surface area (Å²) in [4.78, 5) is 5.94. The van der Waals surface area contributed by atoms with E-state index in [1.165, 1.54) is 0 Å². The summed E-state index contributed by atoms with van der Waals surface area (Å²) >= 11 is 12.4. The molecule has 0 amide bonds. The molecule has 1 aliphatic heterocycles. The Balaban J connectivity index is 2.21. The number of nitrogens with zero attached hydrogens (tertiary/aromatic N) is 1. The fourth-order valence-corrected chi connectivity index (χ4v) is 2.64. The quantitative estimate of drug-likeness (QED) is 0.749. The highest BCUT2D eigenvalue weighted by Gasteiger charge is 2.34. The molecule has 1 saturated heterocycles. The van der Waals surface area contributed by atoms with Gasteiger partial charge in [-0.3, -0.25) is 4.84 Å². The molecule has 1 aliphatic rings. The van der Waals surface area contributed by atoms with Crippen LogP contribution in [0.2, 0.25) is 10.0 Å². The molecule has 17 heavy (non-hydrogen) atoms. The topological polar surface area (TPSA) is 12.5 Å². The zero-order valence-electron chi connectivity index (χ0n) is 10.3. The highest BCUT2D eigenvalue weighted by molar-refractivity contribution is 6.36. The van der Waals surface area contributed by atoms with Crippen molar-refractivity contribution in [1.82, 2.24) is 5.06 Å². The standard InChI is InChI=1S/C13H17Cl2NO/c1-13(2,3)16-8-7-11(17-16)12-9(14)5-4-6-10(12)15/h4-6,11H,7-8H2,1-3H3. The van der Waals surface area contributed by atoms with Gasteiger partial charge in [0.1, 0.15) is 6.10 Å². The van der Waals surface area contributed by atoms with Crippen LogP contribution < -0.4 is 0 Å². The molecule has 1 atom stereocenters. The first-order valence-electron chi connectivity index (χ1n) is 5.78. The molecule has 4 heteroatoms. The normalized spacial score (nSPS) is 22.1. The van der Waals surface area contributed by atoms with E-state index in [1.54, 1.807) is 0 Å². The van der Waals surface area contributed by atoms with Crippen LogP contribution in [-0.2, 0) is 4.84 Å². The number of hydroxylamine groups is 2. The van der Waals surface area contributed by atoms with Gasteiger partial charge < -0.3 is 0 Å². The summed E-state index contributed by atoms with van der Waals surface area (Å²) in [6, 6.07) is 5.56. The second kappa shape index (κ2) is 4.77. The molecule has 94 valence electrons. The van der Waals surface area contributed by atoms with Gasteiger partial charge in [0.25, 0.3) is 0 Å². The van der Waals surface area contributed by atoms with E-state index in [4.69, 9.17) is 28.0 Å². The maximum Gasteiger partial charge on any atom is 0.108 e. The predicted molar refractivity (Wildman–Crippen MR) is 71.4 cm³/mol. The first kappa shape index (κ1) is 13.2. The molecule has 1 unspecified atom stereocenters. The molecule has 0 N–H and O–H groups in total. The highest BCUT2D eigenvalue weighted by Crippen LogP contribution is 2.39. The Morgan fingerprint density at radius 2 is 1.82 bits per heavy atom. The van der Waals surface area contributed by atoms with E-state index in [9.17, 15) is 0 Å². The summed E-state index contributed by atoms with van der Waals surface area (Å²) in [6.45, 7) is 7.28. The highest BCUT2D eigenvalue weighted by atomic mass is 35.5. The molecule has 1 fully saturated rings. The van der Waals surface area contributed by atoms with Crippen LogP contribution in [0.25, 0.3) is 0 Å². The van der Waals surface area contributed by atoms with E-state index < -0.39 is 0 Å². The van der Waals surface area contributed by atoms with Crippen molar-refractivity contribution in [3.63, 3.8) is 0 Å². The number of rotatable bonds is 1. The number of hydrogen-bond donors (Lipinski definition) is 0. The van der Waals surface area contributed by atoms with Gasteiger partial charge in [-0.1, -0.05) is 29.3 Å². The molecule has 2 nitrogen and oxygen atoms in total. The summed E-state index contributed by atoms with van der Waals surface area (Å²) in [6.07, 6.45) is 0.885. The Morgan fingerprint density at radius 1 is 1.24 bits per heavy atom. The second-order valence-corrected chi connectivity index (χ2v) is 6.11. The predicted octanol–water partition coefficient (Wildman–Crippen LogP) is 4.47. The zero-order valence-corrected chi connectivity index (χ0v) is 11.8. The van der Waals surface area contributed by atoms with Gasteiger partial charge in [-0.05, 0) is 39.3 Å². The SMILES string of the molecule is CC(C)(C)N1CCC(c2c(Cl)cccc2Cl)O1. The molecule has 0 aromatic heterocycles. The molecule has 0 aliphatic carbocycles. The average molecular weight is 274 g/mol. The van der Waals surface area contributed by atoms with E-state index in [-0.39, 0.29) is 11.6 Å². The van der Waals surface area contributed by atoms with Crippen molar-refractivity contribution in [3.05, 3.63) is 33.8 Å². The van der Waals surface area contributed by atoms with Gasteiger partial charge in [-0.25, -0.2) is 0 Å². The number of halogens is 2. The maximum atomic E-state index is 6.19. The van der Waals surface area contributed by atoms with Crippen LogP contribution in [-0.4, -0.2) is 17.1 Å². The molecular weight excluding hydrogens is 257 g/mol. The Hall–Kier alpha value is -0.280. The third kappa shape index (κ3) is 2.76. The van der Waals surface area contributed by atoms with Crippen molar-refractivity contribution in [3.8, 4) is 0 Å². The molecule has 0 bridgehead atoms. The van der Waals surface area contributed by atoms with Crippen LogP contribution in [0.5, 0.6) is 0 Å². The van der Waals surface area contributed by atoms with E-state index in [1.807, 2.05) is 23.3 Å². The zero-order chi connectivity index (χ0) is 12.6. The fourth-order valence-electron chi connectivity index (χ4n) is 2.00. The minimum Gasteiger partial charge on any atom is -0.290 e. The Kier molecular flexibility index (Phi) is 3.69. The third-order valence-electron chi connectivity index (χ3n) is 2.92. The van der Waals surface area contributed by atoms with Gasteiger partial charge in [-0.15, -0.1) is 0 Å². The van der Waals surface area contributed by atoms with Crippen molar-refractivity contribution >= 4 is 23.2 Å². The largest absolute Gasteiger partial charge is 0.290 e. The lowest BCUT2D eigenvalue weighted by Crippen LogP contribution is -2.38. The number of hydrogen-bond acceptors (Lipinski definition) is 2. The van der Waals surface area contributed by atoms with Crippen LogP contribution in [0.15, 0.2) is 18.2 Å². The summed E-state index contributed by atoms with van der Waals surface area (Å²) in [5.74, 6) is 0. The van der Waals surface area contributed by atoms with E-state index >= 15 is 0 Å². The lowest BCUT2D eigenvalue weighted by molar-refractivity contribution is -0.196. The van der Waals surface area contributed by atoms with Crippen molar-refractivity contribution in [1.29, 1.82) is 0 Å². The van der Waals surface area contributed by atoms with Gasteiger partial charge in [-0.2, -0.15) is 5.06 Å². The Morgan fingerprint density at radius 3 is 2.29 bits per heavy atom. The van der Waals surface area contributed by atoms with E-state index in [2.05, 4.69) is 20.8 Å². The van der Waals surface area contributed by atoms with Crippen molar-refractivity contribution in [2.45, 2.75) is 38.8 Å². The summed E-state index contributed by atoms with van der Waals surface area (Å²) in [5.41, 5.74) is 0.908. The molecule has 1 heterocycles. The van der Waals surface area contributed by atoms with Crippen LogP contribution in [0.1, 0.15) is 38.9 Å². The van der Waals surface area contributed by atoms with Crippen molar-refractivity contribution in [2.75, 3.05) is 6.54 Å². The monoisotopic (exact) mass is 273 g/mol. The molecule has 0 spiro atoms. The maximum absolute atomic E-state index is 6.19. The van der Waals surface area contributed by atoms with Crippen molar-refractivity contribution in [2.24, 2.45) is 0 Å². The van der Waals surface area contributed by atoms with Crippen LogP contribution >= 0.6 is 23.2 Å². The van der Waals surface area contributed by atoms with Crippen LogP contribution in [0, 0.1) is 0 Å². The summed E-state index contributed by atoms with van der Waals surface area (Å²) in [7, 11) is 0. The smallest absolute Gasteiger partial charge is 0.108 e. The lowest BCUT2D eigenvalue weighted by atomic mass is 10.1. The molecule has 0 saturated carbocycles. The van der Waals surface area contributed by atoms with E-state index in [0.717, 1.165) is 18.5 Å². The van der Waals surface area contributed by atoms with Crippen molar-refractivity contribution < 1.29 is 4.84 Å². The fraction of sp³-hybridized carbons (Fsp3) is 0.538. The lowest BCUT2D eigenvalue weighted by Gasteiger charge is -2.30. The second-order valence-electron chi connectivity index (χ2n) is 5.29. The van der Waals surface area contributed by atoms with Gasteiger partial charge >= 0.3 is 0 Å².